The molecule has 0 bridgehead atoms. The molecule has 0 aromatic heterocycles. The van der Waals surface area contributed by atoms with Crippen LogP contribution in [0.2, 0.25) is 5.02 Å². The van der Waals surface area contributed by atoms with Crippen molar-refractivity contribution in [3.63, 3.8) is 0 Å². The summed E-state index contributed by atoms with van der Waals surface area (Å²) in [6, 6.07) is 14.0. The third-order valence-corrected chi connectivity index (χ3v) is 2.31. The first-order valence-electron chi connectivity index (χ1n) is 4.94. The molecule has 0 unspecified atom stereocenters. The van der Waals surface area contributed by atoms with Crippen molar-refractivity contribution < 1.29 is 14.4 Å². The zero-order valence-corrected chi connectivity index (χ0v) is 9.59. The maximum absolute atomic E-state index is 8.46. The normalized spacial score (nSPS) is 9.76. The summed E-state index contributed by atoms with van der Waals surface area (Å²) in [7, 11) is 0.634. The third kappa shape index (κ3) is 3.41. The Balaban J connectivity index is 2.05. The Morgan fingerprint density at radius 1 is 0.824 bits per heavy atom. The number of benzene rings is 2. The van der Waals surface area contributed by atoms with Crippen LogP contribution in [-0.2, 0) is 0 Å². The molecule has 85 valence electrons. The molecule has 0 aliphatic carbocycles. The minimum Gasteiger partial charge on any atom is -0.537 e. The lowest BCUT2D eigenvalue weighted by Crippen LogP contribution is -1.99. The fraction of sp³-hybridized carbons (Fsp3) is 0. The van der Waals surface area contributed by atoms with Gasteiger partial charge in [-0.15, -0.1) is 0 Å². The van der Waals surface area contributed by atoms with Gasteiger partial charge in [-0.1, -0.05) is 11.6 Å². The third-order valence-electron chi connectivity index (χ3n) is 2.06. The van der Waals surface area contributed by atoms with E-state index >= 15 is 0 Å². The fourth-order valence-corrected chi connectivity index (χ4v) is 1.41. The van der Waals surface area contributed by atoms with E-state index in [2.05, 4.69) is 0 Å². The predicted molar refractivity (Wildman–Crippen MR) is 66.6 cm³/mol. The van der Waals surface area contributed by atoms with Crippen molar-refractivity contribution in [1.82, 2.24) is 0 Å². The zero-order valence-electron chi connectivity index (χ0n) is 8.84. The Bertz CT molecular complexity index is 470. The molecule has 1 N–H and O–H groups in total. The lowest BCUT2D eigenvalue weighted by Gasteiger charge is -2.06. The van der Waals surface area contributed by atoms with E-state index in [0.717, 1.165) is 0 Å². The van der Waals surface area contributed by atoms with Crippen LogP contribution < -0.4 is 9.39 Å². The molecule has 5 heteroatoms. The van der Waals surface area contributed by atoms with Crippen LogP contribution >= 0.6 is 11.6 Å². The highest BCUT2D eigenvalue weighted by molar-refractivity contribution is 6.30. The van der Waals surface area contributed by atoms with E-state index in [9.17, 15) is 0 Å². The molecule has 17 heavy (non-hydrogen) atoms. The highest BCUT2D eigenvalue weighted by Crippen LogP contribution is 2.24. The molecule has 0 aliphatic heterocycles. The Kier molecular flexibility index (Phi) is 3.91. The molecule has 3 nitrogen and oxygen atoms in total. The van der Waals surface area contributed by atoms with E-state index in [1.54, 1.807) is 48.5 Å². The van der Waals surface area contributed by atoms with Crippen LogP contribution in [0.15, 0.2) is 48.5 Å². The molecule has 2 rings (SSSR count). The zero-order chi connectivity index (χ0) is 12.1. The van der Waals surface area contributed by atoms with E-state index < -0.39 is 0 Å². The molecule has 0 saturated carbocycles. The van der Waals surface area contributed by atoms with Crippen molar-refractivity contribution in [2.45, 2.75) is 0 Å². The molecular formula is C12H9BClO3. The minimum atomic E-state index is 0.538. The Morgan fingerprint density at radius 2 is 1.29 bits per heavy atom. The Morgan fingerprint density at radius 3 is 1.82 bits per heavy atom. The van der Waals surface area contributed by atoms with Gasteiger partial charge in [0.15, 0.2) is 0 Å². The van der Waals surface area contributed by atoms with E-state index in [1.807, 2.05) is 0 Å². The molecule has 0 fully saturated rings. The van der Waals surface area contributed by atoms with Crippen LogP contribution in [0.25, 0.3) is 0 Å². The lowest BCUT2D eigenvalue weighted by atomic mass is 10.3. The molecule has 0 aliphatic rings. The standard InChI is InChI=1S/C12H9BClO3/c14-9-1-3-10(4-2-9)16-11-5-7-12(8-6-11)17-13-15/h1-8,15H. The number of rotatable bonds is 4. The van der Waals surface area contributed by atoms with Crippen molar-refractivity contribution in [1.29, 1.82) is 0 Å². The highest BCUT2D eigenvalue weighted by atomic mass is 35.5. The summed E-state index contributed by atoms with van der Waals surface area (Å²) in [6.45, 7) is 0. The highest BCUT2D eigenvalue weighted by Gasteiger charge is 1.99. The molecular weight excluding hydrogens is 238 g/mol. The van der Waals surface area contributed by atoms with Gasteiger partial charge < -0.3 is 14.4 Å². The smallest absolute Gasteiger partial charge is 0.537 e. The van der Waals surface area contributed by atoms with Gasteiger partial charge in [0.1, 0.15) is 17.2 Å². The maximum atomic E-state index is 8.46. The van der Waals surface area contributed by atoms with E-state index in [1.165, 1.54) is 0 Å². The van der Waals surface area contributed by atoms with Crippen molar-refractivity contribution >= 4 is 19.3 Å². The summed E-state index contributed by atoms with van der Waals surface area (Å²) < 4.78 is 10.4. The predicted octanol–water partition coefficient (Wildman–Crippen LogP) is 3.04. The molecule has 2 aromatic rings. The summed E-state index contributed by atoms with van der Waals surface area (Å²) in [4.78, 5) is 0. The number of hydrogen-bond acceptors (Lipinski definition) is 3. The number of ether oxygens (including phenoxy) is 1. The van der Waals surface area contributed by atoms with Crippen LogP contribution in [0, 0.1) is 0 Å². The fourth-order valence-electron chi connectivity index (χ4n) is 1.29. The van der Waals surface area contributed by atoms with Crippen molar-refractivity contribution in [3.05, 3.63) is 53.6 Å². The van der Waals surface area contributed by atoms with Gasteiger partial charge in [0.05, 0.1) is 0 Å². The van der Waals surface area contributed by atoms with Gasteiger partial charge in [0, 0.05) is 5.02 Å². The van der Waals surface area contributed by atoms with E-state index in [0.29, 0.717) is 30.0 Å². The average Bonchev–Trinajstić information content (AvgIpc) is 2.35. The monoisotopic (exact) mass is 247 g/mol. The second-order valence-corrected chi connectivity index (χ2v) is 3.69. The molecule has 0 spiro atoms. The molecule has 1 radical (unpaired) electrons. The van der Waals surface area contributed by atoms with Gasteiger partial charge in [0.2, 0.25) is 0 Å². The van der Waals surface area contributed by atoms with Crippen LogP contribution in [0.4, 0.5) is 0 Å². The van der Waals surface area contributed by atoms with Gasteiger partial charge in [-0.3, -0.25) is 0 Å². The lowest BCUT2D eigenvalue weighted by molar-refractivity contribution is 0.450. The largest absolute Gasteiger partial charge is 0.569 e. The summed E-state index contributed by atoms with van der Waals surface area (Å²) in [5, 5.41) is 9.13. The first-order chi connectivity index (χ1) is 8.28. The van der Waals surface area contributed by atoms with Crippen LogP contribution in [-0.4, -0.2) is 12.7 Å². The summed E-state index contributed by atoms with van der Waals surface area (Å²) in [5.74, 6) is 1.92. The van der Waals surface area contributed by atoms with Crippen molar-refractivity contribution in [2.24, 2.45) is 0 Å². The number of halogens is 1. The minimum absolute atomic E-state index is 0.538. The van der Waals surface area contributed by atoms with E-state index in [-0.39, 0.29) is 0 Å². The number of hydrogen-bond donors (Lipinski definition) is 1. The topological polar surface area (TPSA) is 38.7 Å². The van der Waals surface area contributed by atoms with Crippen LogP contribution in [0.3, 0.4) is 0 Å². The maximum Gasteiger partial charge on any atom is 0.569 e. The first-order valence-corrected chi connectivity index (χ1v) is 5.32. The SMILES string of the molecule is O[B]Oc1ccc(Oc2ccc(Cl)cc2)cc1. The van der Waals surface area contributed by atoms with Gasteiger partial charge in [-0.05, 0) is 48.5 Å². The summed E-state index contributed by atoms with van der Waals surface area (Å²) in [6.07, 6.45) is 0. The second-order valence-electron chi connectivity index (χ2n) is 3.25. The quantitative estimate of drug-likeness (QED) is 0.844. The van der Waals surface area contributed by atoms with Gasteiger partial charge in [-0.25, -0.2) is 0 Å². The van der Waals surface area contributed by atoms with Crippen LogP contribution in [0.1, 0.15) is 0 Å². The molecule has 0 atom stereocenters. The summed E-state index contributed by atoms with van der Waals surface area (Å²) >= 11 is 5.77. The molecule has 0 amide bonds. The molecule has 0 saturated heterocycles. The second kappa shape index (κ2) is 5.61. The van der Waals surface area contributed by atoms with Gasteiger partial charge >= 0.3 is 7.69 Å². The van der Waals surface area contributed by atoms with Gasteiger partial charge in [-0.2, -0.15) is 0 Å². The summed E-state index contributed by atoms with van der Waals surface area (Å²) in [5.41, 5.74) is 0. The van der Waals surface area contributed by atoms with Crippen molar-refractivity contribution in [3.8, 4) is 17.2 Å². The first kappa shape index (κ1) is 11.8. The Labute approximate surface area is 105 Å². The average molecular weight is 247 g/mol. The van der Waals surface area contributed by atoms with E-state index in [4.69, 9.17) is 26.0 Å². The molecule has 0 heterocycles. The van der Waals surface area contributed by atoms with Gasteiger partial charge in [0.25, 0.3) is 0 Å². The Hall–Kier alpha value is -1.65. The molecule has 2 aromatic carbocycles. The van der Waals surface area contributed by atoms with Crippen molar-refractivity contribution in [2.75, 3.05) is 0 Å². The van der Waals surface area contributed by atoms with Crippen LogP contribution in [0.5, 0.6) is 17.2 Å².